The zero-order valence-corrected chi connectivity index (χ0v) is 26.3. The number of nitrogens with zero attached hydrogens (tertiary/aromatic N) is 2. The SMILES string of the molecule is CC(C)NC(=O)[C@@H](Cc1ccccc1)N(Cc1ccc(Cl)cc1Cl)C(=O)CN(c1ccccc1C(C)C)S(C)(=O)=O. The van der Waals surface area contributed by atoms with Gasteiger partial charge in [0.05, 0.1) is 11.9 Å². The van der Waals surface area contributed by atoms with E-state index in [1.807, 2.05) is 70.2 Å². The molecule has 0 saturated heterocycles. The Kier molecular flexibility index (Phi) is 11.2. The topological polar surface area (TPSA) is 86.8 Å². The lowest BCUT2D eigenvalue weighted by atomic mass is 10.0. The molecule has 10 heteroatoms. The molecule has 0 heterocycles. The lowest BCUT2D eigenvalue weighted by molar-refractivity contribution is -0.140. The Bertz CT molecular complexity index is 1460. The fourth-order valence-corrected chi connectivity index (χ4v) is 5.90. The molecule has 3 aromatic carbocycles. The number of amides is 2. The van der Waals surface area contributed by atoms with E-state index in [0.29, 0.717) is 21.3 Å². The maximum absolute atomic E-state index is 14.2. The first kappa shape index (κ1) is 32.4. The molecular formula is C31H37Cl2N3O4S. The van der Waals surface area contributed by atoms with Gasteiger partial charge in [0.2, 0.25) is 21.8 Å². The minimum atomic E-state index is -3.87. The van der Waals surface area contributed by atoms with Gasteiger partial charge in [-0.15, -0.1) is 0 Å². The van der Waals surface area contributed by atoms with Crippen molar-refractivity contribution in [1.29, 1.82) is 0 Å². The van der Waals surface area contributed by atoms with Crippen LogP contribution in [0.2, 0.25) is 10.0 Å². The molecule has 0 radical (unpaired) electrons. The minimum absolute atomic E-state index is 0.0113. The average Bonchev–Trinajstić information content (AvgIpc) is 2.89. The van der Waals surface area contributed by atoms with Crippen molar-refractivity contribution in [2.24, 2.45) is 0 Å². The van der Waals surface area contributed by atoms with Gasteiger partial charge in [-0.05, 0) is 54.7 Å². The van der Waals surface area contributed by atoms with Crippen LogP contribution in [-0.2, 0) is 32.6 Å². The zero-order chi connectivity index (χ0) is 30.3. The summed E-state index contributed by atoms with van der Waals surface area (Å²) in [4.78, 5) is 29.3. The maximum Gasteiger partial charge on any atom is 0.244 e. The lowest BCUT2D eigenvalue weighted by Crippen LogP contribution is -2.54. The number of nitrogens with one attached hydrogen (secondary N) is 1. The standard InChI is InChI=1S/C31H37Cl2N3O4S/c1-21(2)26-13-9-10-14-28(26)36(41(5,39)40)20-30(37)35(19-24-15-16-25(32)18-27(24)33)29(31(38)34-22(3)4)17-23-11-7-6-8-12-23/h6-16,18,21-22,29H,17,19-20H2,1-5H3,(H,34,38)/t29-/m1/s1. The molecule has 220 valence electrons. The molecule has 7 nitrogen and oxygen atoms in total. The van der Waals surface area contributed by atoms with Gasteiger partial charge in [-0.3, -0.25) is 13.9 Å². The zero-order valence-electron chi connectivity index (χ0n) is 24.0. The fourth-order valence-electron chi connectivity index (χ4n) is 4.57. The molecule has 3 aromatic rings. The molecule has 3 rings (SSSR count). The molecule has 41 heavy (non-hydrogen) atoms. The molecule has 0 aromatic heterocycles. The number of carbonyl (C=O) groups is 2. The van der Waals surface area contributed by atoms with E-state index >= 15 is 0 Å². The summed E-state index contributed by atoms with van der Waals surface area (Å²) in [7, 11) is -3.87. The number of sulfonamides is 1. The number of carbonyl (C=O) groups excluding carboxylic acids is 2. The van der Waals surface area contributed by atoms with E-state index in [2.05, 4.69) is 5.32 Å². The third-order valence-corrected chi connectivity index (χ3v) is 8.28. The number of benzene rings is 3. The van der Waals surface area contributed by atoms with Gasteiger partial charge in [0.15, 0.2) is 0 Å². The van der Waals surface area contributed by atoms with E-state index in [0.717, 1.165) is 21.7 Å². The molecule has 0 spiro atoms. The first-order valence-electron chi connectivity index (χ1n) is 13.4. The number of anilines is 1. The summed E-state index contributed by atoms with van der Waals surface area (Å²) in [5.41, 5.74) is 2.64. The van der Waals surface area contributed by atoms with Gasteiger partial charge in [0, 0.05) is 29.1 Å². The Morgan fingerprint density at radius 2 is 1.54 bits per heavy atom. The molecule has 0 bridgehead atoms. The largest absolute Gasteiger partial charge is 0.352 e. The van der Waals surface area contributed by atoms with Crippen molar-refractivity contribution in [3.8, 4) is 0 Å². The summed E-state index contributed by atoms with van der Waals surface area (Å²) in [5, 5.41) is 3.70. The van der Waals surface area contributed by atoms with Crippen molar-refractivity contribution >= 4 is 50.7 Å². The highest BCUT2D eigenvalue weighted by Crippen LogP contribution is 2.30. The van der Waals surface area contributed by atoms with Gasteiger partial charge >= 0.3 is 0 Å². The number of rotatable bonds is 12. The van der Waals surface area contributed by atoms with Crippen LogP contribution in [0.15, 0.2) is 72.8 Å². The second-order valence-corrected chi connectivity index (χ2v) is 13.4. The van der Waals surface area contributed by atoms with Crippen molar-refractivity contribution in [2.45, 2.75) is 58.7 Å². The van der Waals surface area contributed by atoms with Crippen LogP contribution in [0.4, 0.5) is 5.69 Å². The summed E-state index contributed by atoms with van der Waals surface area (Å²) in [6.07, 6.45) is 1.29. The molecule has 0 fully saturated rings. The molecule has 0 aliphatic carbocycles. The number of para-hydroxylation sites is 1. The Labute approximate surface area is 253 Å². The van der Waals surface area contributed by atoms with E-state index in [-0.39, 0.29) is 30.8 Å². The van der Waals surface area contributed by atoms with Crippen LogP contribution in [0.25, 0.3) is 0 Å². The fraction of sp³-hybridized carbons (Fsp3) is 0.355. The highest BCUT2D eigenvalue weighted by atomic mass is 35.5. The van der Waals surface area contributed by atoms with Gasteiger partial charge in [-0.25, -0.2) is 8.42 Å². The molecule has 0 unspecified atom stereocenters. The van der Waals surface area contributed by atoms with Gasteiger partial charge in [-0.2, -0.15) is 0 Å². The first-order valence-corrected chi connectivity index (χ1v) is 16.0. The Balaban J connectivity index is 2.12. The van der Waals surface area contributed by atoms with E-state index in [4.69, 9.17) is 23.2 Å². The van der Waals surface area contributed by atoms with Crippen LogP contribution in [0, 0.1) is 0 Å². The Morgan fingerprint density at radius 1 is 0.902 bits per heavy atom. The maximum atomic E-state index is 14.2. The van der Waals surface area contributed by atoms with Crippen LogP contribution in [0.5, 0.6) is 0 Å². The van der Waals surface area contributed by atoms with E-state index in [1.165, 1.54) is 4.90 Å². The average molecular weight is 619 g/mol. The van der Waals surface area contributed by atoms with Crippen LogP contribution >= 0.6 is 23.2 Å². The molecule has 0 aliphatic heterocycles. The Morgan fingerprint density at radius 3 is 2.12 bits per heavy atom. The second-order valence-electron chi connectivity index (χ2n) is 10.6. The van der Waals surface area contributed by atoms with Crippen LogP contribution in [0.1, 0.15) is 50.3 Å². The lowest BCUT2D eigenvalue weighted by Gasteiger charge is -2.34. The number of halogens is 2. The van der Waals surface area contributed by atoms with E-state index in [9.17, 15) is 18.0 Å². The van der Waals surface area contributed by atoms with Crippen molar-refractivity contribution in [3.63, 3.8) is 0 Å². The predicted octanol–water partition coefficient (Wildman–Crippen LogP) is 6.05. The van der Waals surface area contributed by atoms with Crippen molar-refractivity contribution in [3.05, 3.63) is 99.5 Å². The smallest absolute Gasteiger partial charge is 0.244 e. The normalized spacial score (nSPS) is 12.3. The third kappa shape index (κ3) is 8.96. The van der Waals surface area contributed by atoms with Crippen molar-refractivity contribution < 1.29 is 18.0 Å². The highest BCUT2D eigenvalue weighted by Gasteiger charge is 2.34. The monoisotopic (exact) mass is 617 g/mol. The van der Waals surface area contributed by atoms with Crippen LogP contribution < -0.4 is 9.62 Å². The molecular weight excluding hydrogens is 581 g/mol. The van der Waals surface area contributed by atoms with E-state index < -0.39 is 28.5 Å². The number of hydrogen-bond acceptors (Lipinski definition) is 4. The molecule has 1 atom stereocenters. The summed E-state index contributed by atoms with van der Waals surface area (Å²) >= 11 is 12.6. The molecule has 0 saturated carbocycles. The first-order chi connectivity index (χ1) is 19.3. The van der Waals surface area contributed by atoms with Crippen LogP contribution in [0.3, 0.4) is 0 Å². The molecule has 1 N–H and O–H groups in total. The van der Waals surface area contributed by atoms with Crippen molar-refractivity contribution in [2.75, 3.05) is 17.1 Å². The highest BCUT2D eigenvalue weighted by molar-refractivity contribution is 7.92. The third-order valence-electron chi connectivity index (χ3n) is 6.56. The number of hydrogen-bond donors (Lipinski definition) is 1. The minimum Gasteiger partial charge on any atom is -0.352 e. The summed E-state index contributed by atoms with van der Waals surface area (Å²) in [6.45, 7) is 7.08. The van der Waals surface area contributed by atoms with Gasteiger partial charge in [-0.1, -0.05) is 91.6 Å². The van der Waals surface area contributed by atoms with Gasteiger partial charge in [0.1, 0.15) is 12.6 Å². The van der Waals surface area contributed by atoms with Gasteiger partial charge in [0.25, 0.3) is 0 Å². The summed E-state index contributed by atoms with van der Waals surface area (Å²) < 4.78 is 27.3. The summed E-state index contributed by atoms with van der Waals surface area (Å²) in [5.74, 6) is -0.882. The van der Waals surface area contributed by atoms with Crippen molar-refractivity contribution in [1.82, 2.24) is 10.2 Å². The predicted molar refractivity (Wildman–Crippen MR) is 167 cm³/mol. The van der Waals surface area contributed by atoms with Crippen LogP contribution in [-0.4, -0.2) is 50.0 Å². The quantitative estimate of drug-likeness (QED) is 0.268. The van der Waals surface area contributed by atoms with E-state index in [1.54, 1.807) is 30.3 Å². The summed E-state index contributed by atoms with van der Waals surface area (Å²) in [6, 6.07) is 20.3. The second kappa shape index (κ2) is 14.2. The Hall–Kier alpha value is -3.07. The molecule has 2 amide bonds. The van der Waals surface area contributed by atoms with Gasteiger partial charge < -0.3 is 10.2 Å². The molecule has 0 aliphatic rings.